The fourth-order valence-electron chi connectivity index (χ4n) is 1.50. The Labute approximate surface area is 112 Å². The molecule has 18 heavy (non-hydrogen) atoms. The highest BCUT2D eigenvalue weighted by atomic mass is 35.5. The molecule has 0 aliphatic carbocycles. The SMILES string of the molecule is COc1c(O)cc(Cl)cc1/C=C1\SC(N)=NC1=O. The first-order valence-corrected chi connectivity index (χ1v) is 6.05. The van der Waals surface area contributed by atoms with Crippen LogP contribution in [0.15, 0.2) is 22.0 Å². The van der Waals surface area contributed by atoms with Crippen LogP contribution in [0.4, 0.5) is 0 Å². The monoisotopic (exact) mass is 284 g/mol. The minimum absolute atomic E-state index is 0.0961. The molecule has 0 saturated heterocycles. The number of ether oxygens (including phenoxy) is 1. The second-order valence-electron chi connectivity index (χ2n) is 3.41. The number of rotatable bonds is 2. The average molecular weight is 285 g/mol. The molecule has 1 aromatic carbocycles. The van der Waals surface area contributed by atoms with Gasteiger partial charge < -0.3 is 15.6 Å². The fourth-order valence-corrected chi connectivity index (χ4v) is 2.39. The highest BCUT2D eigenvalue weighted by molar-refractivity contribution is 8.18. The number of hydrogen-bond donors (Lipinski definition) is 2. The van der Waals surface area contributed by atoms with Crippen LogP contribution in [0, 0.1) is 0 Å². The summed E-state index contributed by atoms with van der Waals surface area (Å²) in [7, 11) is 1.42. The molecule has 5 nitrogen and oxygen atoms in total. The van der Waals surface area contributed by atoms with E-state index in [1.807, 2.05) is 0 Å². The molecule has 0 spiro atoms. The van der Waals surface area contributed by atoms with E-state index in [0.717, 1.165) is 11.8 Å². The van der Waals surface area contributed by atoms with Crippen molar-refractivity contribution in [3.63, 3.8) is 0 Å². The third-order valence-electron chi connectivity index (χ3n) is 2.19. The van der Waals surface area contributed by atoms with Gasteiger partial charge in [-0.2, -0.15) is 4.99 Å². The molecular formula is C11H9ClN2O3S. The summed E-state index contributed by atoms with van der Waals surface area (Å²) in [5, 5.41) is 10.2. The number of thioether (sulfide) groups is 1. The Kier molecular flexibility index (Phi) is 3.49. The molecule has 94 valence electrons. The molecule has 7 heteroatoms. The summed E-state index contributed by atoms with van der Waals surface area (Å²) < 4.78 is 5.06. The van der Waals surface area contributed by atoms with Crippen LogP contribution < -0.4 is 10.5 Å². The van der Waals surface area contributed by atoms with E-state index in [0.29, 0.717) is 15.5 Å². The highest BCUT2D eigenvalue weighted by Crippen LogP contribution is 2.37. The Morgan fingerprint density at radius 2 is 2.28 bits per heavy atom. The van der Waals surface area contributed by atoms with Crippen LogP contribution in [-0.4, -0.2) is 23.3 Å². The lowest BCUT2D eigenvalue weighted by Gasteiger charge is -2.08. The van der Waals surface area contributed by atoms with Gasteiger partial charge in [-0.25, -0.2) is 0 Å². The van der Waals surface area contributed by atoms with E-state index in [1.165, 1.54) is 19.3 Å². The minimum atomic E-state index is -0.418. The number of methoxy groups -OCH3 is 1. The predicted octanol–water partition coefficient (Wildman–Crippen LogP) is 1.98. The van der Waals surface area contributed by atoms with E-state index in [-0.39, 0.29) is 16.7 Å². The van der Waals surface area contributed by atoms with Crippen molar-refractivity contribution in [3.8, 4) is 11.5 Å². The summed E-state index contributed by atoms with van der Waals surface area (Å²) >= 11 is 6.90. The maximum atomic E-state index is 11.5. The third kappa shape index (κ3) is 2.44. The zero-order valence-corrected chi connectivity index (χ0v) is 10.9. The summed E-state index contributed by atoms with van der Waals surface area (Å²) in [6, 6.07) is 2.94. The van der Waals surface area contributed by atoms with Gasteiger partial charge in [0.25, 0.3) is 5.91 Å². The van der Waals surface area contributed by atoms with Gasteiger partial charge in [-0.05, 0) is 23.9 Å². The number of aromatic hydroxyl groups is 1. The van der Waals surface area contributed by atoms with E-state index < -0.39 is 5.91 Å². The lowest BCUT2D eigenvalue weighted by atomic mass is 10.1. The molecule has 1 aromatic rings. The number of halogens is 1. The van der Waals surface area contributed by atoms with Gasteiger partial charge in [0.15, 0.2) is 16.7 Å². The predicted molar refractivity (Wildman–Crippen MR) is 71.9 cm³/mol. The van der Waals surface area contributed by atoms with E-state index >= 15 is 0 Å². The van der Waals surface area contributed by atoms with Gasteiger partial charge in [0.1, 0.15) is 0 Å². The van der Waals surface area contributed by atoms with E-state index in [9.17, 15) is 9.90 Å². The Bertz CT molecular complexity index is 584. The van der Waals surface area contributed by atoms with Crippen molar-refractivity contribution < 1.29 is 14.6 Å². The van der Waals surface area contributed by atoms with E-state index in [4.69, 9.17) is 22.1 Å². The van der Waals surface area contributed by atoms with Gasteiger partial charge in [0, 0.05) is 16.7 Å². The number of amidine groups is 1. The van der Waals surface area contributed by atoms with Crippen LogP contribution in [0.3, 0.4) is 0 Å². The van der Waals surface area contributed by atoms with Crippen molar-refractivity contribution in [2.45, 2.75) is 0 Å². The first-order valence-electron chi connectivity index (χ1n) is 4.86. The maximum Gasteiger partial charge on any atom is 0.286 e. The summed E-state index contributed by atoms with van der Waals surface area (Å²) in [5.74, 6) is -0.272. The Balaban J connectivity index is 2.47. The molecular weight excluding hydrogens is 276 g/mol. The van der Waals surface area contributed by atoms with Gasteiger partial charge >= 0.3 is 0 Å². The number of hydrogen-bond acceptors (Lipinski definition) is 5. The van der Waals surface area contributed by atoms with E-state index in [1.54, 1.807) is 6.07 Å². The summed E-state index contributed by atoms with van der Waals surface area (Å²) in [6.07, 6.45) is 1.53. The van der Waals surface area contributed by atoms with Gasteiger partial charge in [0.05, 0.1) is 12.0 Å². The molecule has 0 radical (unpaired) electrons. The number of carbonyl (C=O) groups is 1. The second-order valence-corrected chi connectivity index (χ2v) is 4.91. The van der Waals surface area contributed by atoms with Gasteiger partial charge in [-0.15, -0.1) is 0 Å². The largest absolute Gasteiger partial charge is 0.504 e. The normalized spacial score (nSPS) is 17.1. The number of aliphatic imine (C=N–C) groups is 1. The Morgan fingerprint density at radius 3 is 2.83 bits per heavy atom. The Morgan fingerprint density at radius 1 is 1.56 bits per heavy atom. The molecule has 0 bridgehead atoms. The van der Waals surface area contributed by atoms with Crippen LogP contribution in [0.1, 0.15) is 5.56 Å². The summed E-state index contributed by atoms with van der Waals surface area (Å²) in [6.45, 7) is 0. The smallest absolute Gasteiger partial charge is 0.286 e. The first kappa shape index (κ1) is 12.8. The first-order chi connectivity index (χ1) is 8.51. The molecule has 1 aliphatic heterocycles. The van der Waals surface area contributed by atoms with Crippen molar-refractivity contribution in [2.75, 3.05) is 7.11 Å². The molecule has 0 saturated carbocycles. The topological polar surface area (TPSA) is 84.9 Å². The average Bonchev–Trinajstić information content (AvgIpc) is 2.57. The number of nitrogens with two attached hydrogens (primary N) is 1. The molecule has 0 fully saturated rings. The zero-order chi connectivity index (χ0) is 13.3. The highest BCUT2D eigenvalue weighted by Gasteiger charge is 2.20. The molecule has 3 N–H and O–H groups in total. The minimum Gasteiger partial charge on any atom is -0.504 e. The Hall–Kier alpha value is -1.66. The van der Waals surface area contributed by atoms with Crippen LogP contribution in [0.2, 0.25) is 5.02 Å². The van der Waals surface area contributed by atoms with Gasteiger partial charge in [-0.3, -0.25) is 4.79 Å². The third-order valence-corrected chi connectivity index (χ3v) is 3.22. The van der Waals surface area contributed by atoms with Gasteiger partial charge in [0.2, 0.25) is 0 Å². The van der Waals surface area contributed by atoms with Gasteiger partial charge in [-0.1, -0.05) is 11.6 Å². The quantitative estimate of drug-likeness (QED) is 0.811. The molecule has 1 amide bonds. The number of amides is 1. The summed E-state index contributed by atoms with van der Waals surface area (Å²) in [5.41, 5.74) is 5.93. The van der Waals surface area contributed by atoms with Crippen LogP contribution in [0.5, 0.6) is 11.5 Å². The number of phenols is 1. The van der Waals surface area contributed by atoms with Crippen molar-refractivity contribution in [1.29, 1.82) is 0 Å². The molecule has 0 unspecified atom stereocenters. The van der Waals surface area contributed by atoms with Crippen molar-refractivity contribution in [1.82, 2.24) is 0 Å². The van der Waals surface area contributed by atoms with Crippen LogP contribution in [-0.2, 0) is 4.79 Å². The van der Waals surface area contributed by atoms with Crippen molar-refractivity contribution >= 4 is 40.5 Å². The molecule has 1 aliphatic rings. The molecule has 2 rings (SSSR count). The number of nitrogens with zero attached hydrogens (tertiary/aromatic N) is 1. The lowest BCUT2D eigenvalue weighted by Crippen LogP contribution is -2.01. The molecule has 0 atom stereocenters. The molecule has 1 heterocycles. The number of phenolic OH excluding ortho intramolecular Hbond substituents is 1. The molecule has 0 aromatic heterocycles. The summed E-state index contributed by atoms with van der Waals surface area (Å²) in [4.78, 5) is 15.4. The standard InChI is InChI=1S/C11H9ClN2O3S/c1-17-9-5(2-6(12)4-7(9)15)3-8-10(16)14-11(13)18-8/h2-4,15H,1H3,(H2,13,14,16)/b8-3-. The second kappa shape index (κ2) is 4.91. The number of benzene rings is 1. The van der Waals surface area contributed by atoms with Crippen LogP contribution >= 0.6 is 23.4 Å². The fraction of sp³-hybridized carbons (Fsp3) is 0.0909. The maximum absolute atomic E-state index is 11.5. The lowest BCUT2D eigenvalue weighted by molar-refractivity contribution is -0.113. The zero-order valence-electron chi connectivity index (χ0n) is 9.31. The number of carbonyl (C=O) groups excluding carboxylic acids is 1. The van der Waals surface area contributed by atoms with Crippen molar-refractivity contribution in [3.05, 3.63) is 27.6 Å². The van der Waals surface area contributed by atoms with Crippen LogP contribution in [0.25, 0.3) is 6.08 Å². The van der Waals surface area contributed by atoms with E-state index in [2.05, 4.69) is 4.99 Å². The van der Waals surface area contributed by atoms with Crippen molar-refractivity contribution in [2.24, 2.45) is 10.7 Å².